The van der Waals surface area contributed by atoms with Gasteiger partial charge in [0, 0.05) is 0 Å². The maximum Gasteiger partial charge on any atom is 0.100 e. The molecule has 0 bridgehead atoms. The molecule has 0 fully saturated rings. The Morgan fingerprint density at radius 3 is 2.62 bits per heavy atom. The molecule has 1 heterocycles. The first kappa shape index (κ1) is 5.89. The third-order valence-electron chi connectivity index (χ3n) is 1.41. The normalized spacial score (nSPS) is 36.6. The molecule has 1 atom stereocenters. The minimum Gasteiger partial charge on any atom is -0.308 e. The Hall–Kier alpha value is -0.240. The van der Waals surface area contributed by atoms with Crippen LogP contribution in [0.3, 0.4) is 0 Å². The molecule has 1 aliphatic rings. The van der Waals surface area contributed by atoms with E-state index < -0.39 is 0 Å². The van der Waals surface area contributed by atoms with Gasteiger partial charge in [-0.3, -0.25) is 0 Å². The molecule has 0 spiro atoms. The second kappa shape index (κ2) is 1.62. The van der Waals surface area contributed by atoms with Crippen molar-refractivity contribution in [3.63, 3.8) is 0 Å². The molecule has 0 aromatic heterocycles. The molecule has 2 nitrogen and oxygen atoms in total. The molecule has 0 radical (unpaired) electrons. The van der Waals surface area contributed by atoms with E-state index in [0.717, 1.165) is 12.3 Å². The Labute approximate surface area is 53.9 Å². The number of halogens is 1. The highest BCUT2D eigenvalue weighted by Gasteiger charge is 2.28. The topological polar surface area (TPSA) is 24.4 Å². The van der Waals surface area contributed by atoms with Gasteiger partial charge in [0.15, 0.2) is 0 Å². The highest BCUT2D eigenvalue weighted by atomic mass is 35.5. The fourth-order valence-corrected chi connectivity index (χ4v) is 0.653. The second-order valence-corrected chi connectivity index (χ2v) is 3.06. The molecule has 0 aromatic rings. The van der Waals surface area contributed by atoms with Crippen LogP contribution in [0.2, 0.25) is 0 Å². The lowest BCUT2D eigenvalue weighted by molar-refractivity contribution is 0.732. The van der Waals surface area contributed by atoms with Crippen molar-refractivity contribution in [1.29, 1.82) is 0 Å². The molecule has 1 aliphatic heterocycles. The van der Waals surface area contributed by atoms with Crippen LogP contribution in [-0.2, 0) is 0 Å². The lowest BCUT2D eigenvalue weighted by Gasteiger charge is -2.11. The van der Waals surface area contributed by atoms with Gasteiger partial charge in [0.2, 0.25) is 0 Å². The van der Waals surface area contributed by atoms with Crippen molar-refractivity contribution in [2.75, 3.05) is 6.54 Å². The number of rotatable bonds is 0. The van der Waals surface area contributed by atoms with Crippen LogP contribution in [0, 0.1) is 0 Å². The van der Waals surface area contributed by atoms with Gasteiger partial charge < -0.3 is 5.43 Å². The van der Waals surface area contributed by atoms with E-state index in [9.17, 15) is 0 Å². The molecule has 0 aliphatic carbocycles. The SMILES string of the molecule is CC1=NNCC1(C)Cl. The second-order valence-electron chi connectivity index (χ2n) is 2.23. The van der Waals surface area contributed by atoms with Crippen LogP contribution in [0.4, 0.5) is 0 Å². The fraction of sp³-hybridized carbons (Fsp3) is 0.800. The molecular weight excluding hydrogens is 124 g/mol. The third-order valence-corrected chi connectivity index (χ3v) is 1.82. The Bertz CT molecular complexity index is 128. The predicted octanol–water partition coefficient (Wildman–Crippen LogP) is 0.963. The molecule has 0 saturated carbocycles. The Morgan fingerprint density at radius 2 is 2.50 bits per heavy atom. The van der Waals surface area contributed by atoms with Gasteiger partial charge in [-0.2, -0.15) is 5.10 Å². The maximum absolute atomic E-state index is 5.92. The summed E-state index contributed by atoms with van der Waals surface area (Å²) >= 11 is 5.92. The summed E-state index contributed by atoms with van der Waals surface area (Å²) in [5.74, 6) is 0. The number of hydrazone groups is 1. The zero-order valence-electron chi connectivity index (χ0n) is 5.03. The van der Waals surface area contributed by atoms with Gasteiger partial charge in [0.05, 0.1) is 12.3 Å². The van der Waals surface area contributed by atoms with E-state index in [2.05, 4.69) is 10.5 Å². The van der Waals surface area contributed by atoms with Crippen LogP contribution in [-0.4, -0.2) is 17.1 Å². The Kier molecular flexibility index (Phi) is 1.19. The monoisotopic (exact) mass is 132 g/mol. The molecule has 1 unspecified atom stereocenters. The standard InChI is InChI=1S/C5H9ClN2/c1-4-5(2,6)3-7-8-4/h7H,3H2,1-2H3. The van der Waals surface area contributed by atoms with Crippen molar-refractivity contribution >= 4 is 17.3 Å². The minimum absolute atomic E-state index is 0.236. The number of nitrogens with one attached hydrogen (secondary N) is 1. The number of hydrogen-bond acceptors (Lipinski definition) is 2. The Balaban J connectivity index is 2.73. The van der Waals surface area contributed by atoms with E-state index in [-0.39, 0.29) is 4.87 Å². The lowest BCUT2D eigenvalue weighted by Crippen LogP contribution is -2.28. The fourth-order valence-electron chi connectivity index (χ4n) is 0.551. The van der Waals surface area contributed by atoms with E-state index in [0.29, 0.717) is 0 Å². The lowest BCUT2D eigenvalue weighted by atomic mass is 10.1. The van der Waals surface area contributed by atoms with E-state index in [1.807, 2.05) is 13.8 Å². The summed E-state index contributed by atoms with van der Waals surface area (Å²) in [6.45, 7) is 4.63. The summed E-state index contributed by atoms with van der Waals surface area (Å²) < 4.78 is 0. The summed E-state index contributed by atoms with van der Waals surface area (Å²) in [6, 6.07) is 0. The third kappa shape index (κ3) is 0.802. The van der Waals surface area contributed by atoms with Gasteiger partial charge in [-0.15, -0.1) is 11.6 Å². The van der Waals surface area contributed by atoms with Crippen LogP contribution in [0.1, 0.15) is 13.8 Å². The molecule has 8 heavy (non-hydrogen) atoms. The smallest absolute Gasteiger partial charge is 0.100 e. The Morgan fingerprint density at radius 1 is 1.88 bits per heavy atom. The van der Waals surface area contributed by atoms with Crippen molar-refractivity contribution in [2.45, 2.75) is 18.7 Å². The van der Waals surface area contributed by atoms with Gasteiger partial charge in [-0.05, 0) is 13.8 Å². The van der Waals surface area contributed by atoms with Crippen LogP contribution in [0.15, 0.2) is 5.10 Å². The quantitative estimate of drug-likeness (QED) is 0.488. The average Bonchev–Trinajstić information content (AvgIpc) is 1.86. The summed E-state index contributed by atoms with van der Waals surface area (Å²) in [5.41, 5.74) is 3.79. The minimum atomic E-state index is -0.236. The maximum atomic E-state index is 5.92. The van der Waals surface area contributed by atoms with Crippen molar-refractivity contribution in [3.05, 3.63) is 0 Å². The summed E-state index contributed by atoms with van der Waals surface area (Å²) in [7, 11) is 0. The molecule has 0 saturated heterocycles. The van der Waals surface area contributed by atoms with Crippen molar-refractivity contribution in [1.82, 2.24) is 5.43 Å². The number of nitrogens with zero attached hydrogens (tertiary/aromatic N) is 1. The van der Waals surface area contributed by atoms with Crippen LogP contribution in [0.5, 0.6) is 0 Å². The van der Waals surface area contributed by atoms with Gasteiger partial charge in [-0.25, -0.2) is 0 Å². The van der Waals surface area contributed by atoms with Crippen molar-refractivity contribution < 1.29 is 0 Å². The van der Waals surface area contributed by atoms with Crippen LogP contribution >= 0.6 is 11.6 Å². The van der Waals surface area contributed by atoms with E-state index in [1.165, 1.54) is 0 Å². The predicted molar refractivity (Wildman–Crippen MR) is 35.4 cm³/mol. The molecule has 1 N–H and O–H groups in total. The van der Waals surface area contributed by atoms with Gasteiger partial charge >= 0.3 is 0 Å². The van der Waals surface area contributed by atoms with Gasteiger partial charge in [0.1, 0.15) is 4.87 Å². The summed E-state index contributed by atoms with van der Waals surface area (Å²) in [6.07, 6.45) is 0. The molecule has 3 heteroatoms. The summed E-state index contributed by atoms with van der Waals surface area (Å²) in [5, 5.41) is 3.92. The van der Waals surface area contributed by atoms with Crippen LogP contribution < -0.4 is 5.43 Å². The highest BCUT2D eigenvalue weighted by Crippen LogP contribution is 2.18. The first-order chi connectivity index (χ1) is 3.63. The van der Waals surface area contributed by atoms with E-state index in [4.69, 9.17) is 11.6 Å². The number of hydrogen-bond donors (Lipinski definition) is 1. The number of alkyl halides is 1. The summed E-state index contributed by atoms with van der Waals surface area (Å²) in [4.78, 5) is -0.236. The van der Waals surface area contributed by atoms with Crippen LogP contribution in [0.25, 0.3) is 0 Å². The average molecular weight is 133 g/mol. The molecule has 46 valence electrons. The first-order valence-electron chi connectivity index (χ1n) is 2.59. The molecule has 1 rings (SSSR count). The largest absolute Gasteiger partial charge is 0.308 e. The van der Waals surface area contributed by atoms with E-state index in [1.54, 1.807) is 0 Å². The molecule has 0 aromatic carbocycles. The van der Waals surface area contributed by atoms with Crippen molar-refractivity contribution in [3.8, 4) is 0 Å². The first-order valence-corrected chi connectivity index (χ1v) is 2.97. The van der Waals surface area contributed by atoms with Gasteiger partial charge in [-0.1, -0.05) is 0 Å². The zero-order valence-corrected chi connectivity index (χ0v) is 5.79. The molecular formula is C5H9ClN2. The van der Waals surface area contributed by atoms with Crippen molar-refractivity contribution in [2.24, 2.45) is 5.10 Å². The van der Waals surface area contributed by atoms with E-state index >= 15 is 0 Å². The zero-order chi connectivity index (χ0) is 6.20. The highest BCUT2D eigenvalue weighted by molar-refractivity contribution is 6.36. The molecule has 0 amide bonds. The van der Waals surface area contributed by atoms with Gasteiger partial charge in [0.25, 0.3) is 0 Å².